The molecule has 4 rings (SSSR count). The van der Waals surface area contributed by atoms with Gasteiger partial charge in [0.15, 0.2) is 28.2 Å². The number of fused-ring (bicyclic) bond motifs is 1. The lowest BCUT2D eigenvalue weighted by Crippen LogP contribution is -2.25. The molecule has 0 atom stereocenters. The third kappa shape index (κ3) is 3.65. The summed E-state index contributed by atoms with van der Waals surface area (Å²) in [7, 11) is 0. The maximum Gasteiger partial charge on any atom is 0.586 e. The normalized spacial score (nSPS) is 14.2. The molecule has 1 N–H and O–H groups in total. The van der Waals surface area contributed by atoms with Crippen LogP contribution in [0, 0.1) is 0 Å². The number of nitrogens with one attached hydrogen (secondary N) is 1. The molecule has 11 heteroatoms. The Balaban J connectivity index is 1.39. The molecule has 1 aliphatic heterocycles. The molecular weight excluding hydrogens is 394 g/mol. The number of alkyl halides is 2. The van der Waals surface area contributed by atoms with E-state index in [0.29, 0.717) is 29.0 Å². The highest BCUT2D eigenvalue weighted by Crippen LogP contribution is 2.42. The summed E-state index contributed by atoms with van der Waals surface area (Å²) in [5, 5.41) is 11.4. The third-order valence-electron chi connectivity index (χ3n) is 3.79. The molecule has 1 aliphatic rings. The van der Waals surface area contributed by atoms with Crippen LogP contribution in [0.5, 0.6) is 11.5 Å². The number of furan rings is 1. The van der Waals surface area contributed by atoms with Crippen molar-refractivity contribution in [3.8, 4) is 23.1 Å². The van der Waals surface area contributed by atoms with Gasteiger partial charge in [-0.3, -0.25) is 9.36 Å². The Morgan fingerprint density at radius 1 is 1.25 bits per heavy atom. The molecule has 0 saturated carbocycles. The van der Waals surface area contributed by atoms with E-state index in [0.717, 1.165) is 0 Å². The number of anilines is 1. The first-order chi connectivity index (χ1) is 13.4. The highest BCUT2D eigenvalue weighted by atomic mass is 32.2. The van der Waals surface area contributed by atoms with Crippen LogP contribution in [0.25, 0.3) is 11.6 Å². The number of nitrogens with zero attached hydrogens (tertiary/aromatic N) is 3. The molecule has 3 aromatic rings. The van der Waals surface area contributed by atoms with Gasteiger partial charge in [0.1, 0.15) is 0 Å². The minimum absolute atomic E-state index is 0.0564. The van der Waals surface area contributed by atoms with Crippen LogP contribution < -0.4 is 14.8 Å². The number of carbonyl (C=O) groups excluding carboxylic acids is 1. The molecular formula is C17H14F2N4O4S. The molecule has 0 unspecified atom stereocenters. The van der Waals surface area contributed by atoms with Gasteiger partial charge in [-0.2, -0.15) is 0 Å². The van der Waals surface area contributed by atoms with Gasteiger partial charge >= 0.3 is 6.29 Å². The lowest BCUT2D eigenvalue weighted by Gasteiger charge is -2.07. The first kappa shape index (κ1) is 18.3. The number of thioether (sulfide) groups is 1. The zero-order chi connectivity index (χ0) is 19.7. The Labute approximate surface area is 161 Å². The first-order valence-electron chi connectivity index (χ1n) is 8.25. The maximum atomic E-state index is 13.1. The van der Waals surface area contributed by atoms with Crippen molar-refractivity contribution in [3.05, 3.63) is 36.6 Å². The average Bonchev–Trinajstić information content (AvgIpc) is 3.36. The highest BCUT2D eigenvalue weighted by Gasteiger charge is 2.43. The van der Waals surface area contributed by atoms with Crippen molar-refractivity contribution in [2.45, 2.75) is 24.9 Å². The third-order valence-corrected chi connectivity index (χ3v) is 4.76. The standard InChI is InChI=1S/C17H14F2N4O4S/c1-2-23-15(12-4-3-7-25-12)21-22-16(23)28-9-14(24)20-10-5-6-11-13(8-10)27-17(18,19)26-11/h3-8H,2,9H2,1H3,(H,20,24). The number of amides is 1. The topological polar surface area (TPSA) is 91.4 Å². The molecule has 0 aliphatic carbocycles. The van der Waals surface area contributed by atoms with E-state index >= 15 is 0 Å². The zero-order valence-electron chi connectivity index (χ0n) is 14.5. The average molecular weight is 408 g/mol. The molecule has 2 aromatic heterocycles. The van der Waals surface area contributed by atoms with E-state index in [4.69, 9.17) is 4.42 Å². The van der Waals surface area contributed by atoms with Gasteiger partial charge in [-0.15, -0.1) is 19.0 Å². The highest BCUT2D eigenvalue weighted by molar-refractivity contribution is 7.99. The van der Waals surface area contributed by atoms with Gasteiger partial charge in [0, 0.05) is 18.3 Å². The number of halogens is 2. The monoisotopic (exact) mass is 408 g/mol. The van der Waals surface area contributed by atoms with E-state index in [1.807, 2.05) is 11.5 Å². The fourth-order valence-corrected chi connectivity index (χ4v) is 3.42. The number of carbonyl (C=O) groups is 1. The van der Waals surface area contributed by atoms with E-state index in [-0.39, 0.29) is 23.2 Å². The van der Waals surface area contributed by atoms with Crippen molar-refractivity contribution in [2.24, 2.45) is 0 Å². The van der Waals surface area contributed by atoms with Crippen LogP contribution in [0.15, 0.2) is 46.2 Å². The van der Waals surface area contributed by atoms with E-state index in [2.05, 4.69) is 25.0 Å². The van der Waals surface area contributed by atoms with Crippen molar-refractivity contribution in [3.63, 3.8) is 0 Å². The van der Waals surface area contributed by atoms with Gasteiger partial charge in [-0.05, 0) is 31.2 Å². The minimum atomic E-state index is -3.70. The maximum absolute atomic E-state index is 13.1. The summed E-state index contributed by atoms with van der Waals surface area (Å²) in [5.74, 6) is 0.667. The predicted molar refractivity (Wildman–Crippen MR) is 95.4 cm³/mol. The van der Waals surface area contributed by atoms with Crippen molar-refractivity contribution < 1.29 is 27.5 Å². The minimum Gasteiger partial charge on any atom is -0.461 e. The van der Waals surface area contributed by atoms with Gasteiger partial charge in [-0.25, -0.2) is 0 Å². The van der Waals surface area contributed by atoms with Crippen LogP contribution in [0.4, 0.5) is 14.5 Å². The second-order valence-corrected chi connectivity index (χ2v) is 6.64. The molecule has 0 radical (unpaired) electrons. The van der Waals surface area contributed by atoms with Crippen molar-refractivity contribution in [2.75, 3.05) is 11.1 Å². The second-order valence-electron chi connectivity index (χ2n) is 5.69. The van der Waals surface area contributed by atoms with Gasteiger partial charge < -0.3 is 19.2 Å². The van der Waals surface area contributed by atoms with E-state index in [1.54, 1.807) is 18.4 Å². The van der Waals surface area contributed by atoms with Gasteiger partial charge in [0.25, 0.3) is 0 Å². The lowest BCUT2D eigenvalue weighted by atomic mass is 10.3. The van der Waals surface area contributed by atoms with Crippen molar-refractivity contribution >= 4 is 23.4 Å². The number of benzene rings is 1. The van der Waals surface area contributed by atoms with Crippen LogP contribution >= 0.6 is 11.8 Å². The fraction of sp³-hybridized carbons (Fsp3) is 0.235. The van der Waals surface area contributed by atoms with E-state index < -0.39 is 6.29 Å². The summed E-state index contributed by atoms with van der Waals surface area (Å²) >= 11 is 1.20. The largest absolute Gasteiger partial charge is 0.586 e. The molecule has 0 spiro atoms. The Kier molecular flexibility index (Phi) is 4.67. The molecule has 1 aromatic carbocycles. The zero-order valence-corrected chi connectivity index (χ0v) is 15.3. The fourth-order valence-electron chi connectivity index (χ4n) is 2.62. The summed E-state index contributed by atoms with van der Waals surface area (Å²) in [6.45, 7) is 2.53. The molecule has 0 bridgehead atoms. The van der Waals surface area contributed by atoms with Crippen LogP contribution in [0.2, 0.25) is 0 Å². The summed E-state index contributed by atoms with van der Waals surface area (Å²) in [4.78, 5) is 12.2. The van der Waals surface area contributed by atoms with E-state index in [1.165, 1.54) is 30.0 Å². The van der Waals surface area contributed by atoms with Gasteiger partial charge in [0.05, 0.1) is 12.0 Å². The number of rotatable bonds is 6. The van der Waals surface area contributed by atoms with E-state index in [9.17, 15) is 13.6 Å². The smallest absolute Gasteiger partial charge is 0.461 e. The Morgan fingerprint density at radius 3 is 2.82 bits per heavy atom. The quantitative estimate of drug-likeness (QED) is 0.623. The van der Waals surface area contributed by atoms with Crippen molar-refractivity contribution in [1.29, 1.82) is 0 Å². The van der Waals surface area contributed by atoms with Gasteiger partial charge in [-0.1, -0.05) is 11.8 Å². The lowest BCUT2D eigenvalue weighted by molar-refractivity contribution is -0.286. The Bertz CT molecular complexity index is 1010. The van der Waals surface area contributed by atoms with Crippen molar-refractivity contribution in [1.82, 2.24) is 14.8 Å². The first-order valence-corrected chi connectivity index (χ1v) is 9.23. The predicted octanol–water partition coefficient (Wildman–Crippen LogP) is 3.61. The SMILES string of the molecule is CCn1c(SCC(=O)Nc2ccc3c(c2)OC(F)(F)O3)nnc1-c1ccco1. The summed E-state index contributed by atoms with van der Waals surface area (Å²) < 4.78 is 42.0. The number of aromatic nitrogens is 3. The van der Waals surface area contributed by atoms with Gasteiger partial charge in [0.2, 0.25) is 5.91 Å². The van der Waals surface area contributed by atoms with Crippen LogP contribution in [0.3, 0.4) is 0 Å². The Hall–Kier alpha value is -3.08. The van der Waals surface area contributed by atoms with Crippen LogP contribution in [-0.2, 0) is 11.3 Å². The summed E-state index contributed by atoms with van der Waals surface area (Å²) in [5.41, 5.74) is 0.318. The number of hydrogen-bond donors (Lipinski definition) is 1. The Morgan fingerprint density at radius 2 is 2.07 bits per heavy atom. The molecule has 0 fully saturated rings. The summed E-state index contributed by atoms with van der Waals surface area (Å²) in [6, 6.07) is 7.58. The van der Waals surface area contributed by atoms with Crippen LogP contribution in [0.1, 0.15) is 6.92 Å². The molecule has 28 heavy (non-hydrogen) atoms. The molecule has 146 valence electrons. The molecule has 0 saturated heterocycles. The van der Waals surface area contributed by atoms with Crippen LogP contribution in [-0.4, -0.2) is 32.7 Å². The second kappa shape index (κ2) is 7.15. The number of hydrogen-bond acceptors (Lipinski definition) is 7. The molecule has 3 heterocycles. The summed E-state index contributed by atoms with van der Waals surface area (Å²) in [6.07, 6.45) is -2.15. The molecule has 8 nitrogen and oxygen atoms in total. The number of ether oxygens (including phenoxy) is 2. The molecule has 1 amide bonds.